The van der Waals surface area contributed by atoms with Crippen molar-refractivity contribution in [2.75, 3.05) is 45.4 Å². The minimum Gasteiger partial charge on any atom is -0.493 e. The summed E-state index contributed by atoms with van der Waals surface area (Å²) in [5, 5.41) is 1.69. The average molecular weight is 469 g/mol. The number of hydrogen-bond donors (Lipinski definition) is 0. The molecule has 0 radical (unpaired) electrons. The zero-order chi connectivity index (χ0) is 21.3. The summed E-state index contributed by atoms with van der Waals surface area (Å²) >= 11 is 2.94. The third kappa shape index (κ3) is 3.93. The number of thioether (sulfide) groups is 1. The maximum absolute atomic E-state index is 13.3. The quantitative estimate of drug-likeness (QED) is 0.672. The summed E-state index contributed by atoms with van der Waals surface area (Å²) in [5.41, 5.74) is 2.10. The van der Waals surface area contributed by atoms with Gasteiger partial charge in [-0.15, -0.1) is 11.3 Å². The van der Waals surface area contributed by atoms with Crippen molar-refractivity contribution in [3.05, 3.63) is 39.6 Å². The van der Waals surface area contributed by atoms with E-state index in [9.17, 15) is 13.2 Å². The van der Waals surface area contributed by atoms with Crippen molar-refractivity contribution in [1.29, 1.82) is 0 Å². The van der Waals surface area contributed by atoms with E-state index in [0.717, 1.165) is 22.6 Å². The Labute approximate surface area is 185 Å². The highest BCUT2D eigenvalue weighted by Crippen LogP contribution is 2.34. The molecule has 1 amide bonds. The molecular weight excluding hydrogens is 444 g/mol. The van der Waals surface area contributed by atoms with Crippen LogP contribution in [0.2, 0.25) is 0 Å². The third-order valence-corrected chi connectivity index (χ3v) is 9.33. The first-order valence-corrected chi connectivity index (χ1v) is 13.1. The molecule has 7 nitrogen and oxygen atoms in total. The largest absolute Gasteiger partial charge is 0.493 e. The Kier molecular flexibility index (Phi) is 6.29. The van der Waals surface area contributed by atoms with E-state index in [2.05, 4.69) is 0 Å². The van der Waals surface area contributed by atoms with E-state index in [-0.39, 0.29) is 15.7 Å². The van der Waals surface area contributed by atoms with E-state index in [1.54, 1.807) is 42.3 Å². The summed E-state index contributed by atoms with van der Waals surface area (Å²) < 4.78 is 38.5. The normalized spacial score (nSPS) is 17.5. The van der Waals surface area contributed by atoms with Gasteiger partial charge in [-0.2, -0.15) is 16.1 Å². The number of carbonyl (C=O) groups is 1. The van der Waals surface area contributed by atoms with Crippen LogP contribution in [0.25, 0.3) is 0 Å². The van der Waals surface area contributed by atoms with E-state index < -0.39 is 10.0 Å². The molecule has 2 aromatic rings. The summed E-state index contributed by atoms with van der Waals surface area (Å²) in [4.78, 5) is 15.4. The van der Waals surface area contributed by atoms with Crippen molar-refractivity contribution < 1.29 is 22.7 Å². The van der Waals surface area contributed by atoms with Crippen molar-refractivity contribution in [3.8, 4) is 11.5 Å². The number of sulfonamides is 1. The highest BCUT2D eigenvalue weighted by atomic mass is 32.2. The number of benzene rings is 1. The fraction of sp³-hybridized carbons (Fsp3) is 0.450. The molecule has 1 fully saturated rings. The Morgan fingerprint density at radius 2 is 1.70 bits per heavy atom. The minimum absolute atomic E-state index is 0.127. The molecule has 10 heteroatoms. The van der Waals surface area contributed by atoms with Crippen molar-refractivity contribution in [2.45, 2.75) is 17.9 Å². The maximum Gasteiger partial charge on any atom is 0.265 e. The summed E-state index contributed by atoms with van der Waals surface area (Å²) in [6.07, 6.45) is 0.679. The molecule has 2 aliphatic heterocycles. The summed E-state index contributed by atoms with van der Waals surface area (Å²) in [6, 6.07) is 5.40. The van der Waals surface area contributed by atoms with Gasteiger partial charge in [0.15, 0.2) is 11.5 Å². The molecular formula is C20H24N2O5S3. The molecule has 0 aliphatic carbocycles. The molecule has 0 atom stereocenters. The lowest BCUT2D eigenvalue weighted by atomic mass is 9.98. The molecule has 0 N–H and O–H groups in total. The molecule has 4 rings (SSSR count). The average Bonchev–Trinajstić information content (AvgIpc) is 3.28. The molecule has 162 valence electrons. The van der Waals surface area contributed by atoms with Crippen LogP contribution in [0.15, 0.2) is 28.5 Å². The van der Waals surface area contributed by atoms with Crippen molar-refractivity contribution in [2.24, 2.45) is 0 Å². The number of rotatable bonds is 5. The summed E-state index contributed by atoms with van der Waals surface area (Å²) in [6.45, 7) is 1.90. The molecule has 3 heterocycles. The molecule has 1 aromatic carbocycles. The second-order valence-electron chi connectivity index (χ2n) is 7.08. The van der Waals surface area contributed by atoms with E-state index >= 15 is 0 Å². The van der Waals surface area contributed by atoms with E-state index in [1.165, 1.54) is 15.6 Å². The van der Waals surface area contributed by atoms with Gasteiger partial charge in [0, 0.05) is 37.7 Å². The number of thiophene rings is 1. The number of ether oxygens (including phenoxy) is 2. The second kappa shape index (κ2) is 8.78. The number of carbonyl (C=O) groups excluding carboxylic acids is 1. The lowest BCUT2D eigenvalue weighted by Crippen LogP contribution is -2.39. The molecule has 0 unspecified atom stereocenters. The molecule has 0 spiro atoms. The van der Waals surface area contributed by atoms with Crippen LogP contribution in [0, 0.1) is 0 Å². The highest BCUT2D eigenvalue weighted by molar-refractivity contribution is 7.99. The predicted molar refractivity (Wildman–Crippen MR) is 118 cm³/mol. The van der Waals surface area contributed by atoms with Gasteiger partial charge < -0.3 is 14.4 Å². The van der Waals surface area contributed by atoms with Crippen LogP contribution in [0.5, 0.6) is 11.5 Å². The van der Waals surface area contributed by atoms with Gasteiger partial charge in [-0.05, 0) is 41.1 Å². The van der Waals surface area contributed by atoms with E-state index in [0.29, 0.717) is 44.1 Å². The Hall–Kier alpha value is -1.75. The molecule has 0 saturated carbocycles. The number of amides is 1. The van der Waals surface area contributed by atoms with Gasteiger partial charge in [-0.25, -0.2) is 8.42 Å². The molecule has 30 heavy (non-hydrogen) atoms. The topological polar surface area (TPSA) is 76.1 Å². The van der Waals surface area contributed by atoms with Crippen LogP contribution in [0.3, 0.4) is 0 Å². The van der Waals surface area contributed by atoms with Gasteiger partial charge in [0.2, 0.25) is 10.0 Å². The van der Waals surface area contributed by atoms with Crippen LogP contribution in [-0.2, 0) is 23.0 Å². The first-order valence-electron chi connectivity index (χ1n) is 9.64. The third-order valence-electron chi connectivity index (χ3n) is 5.42. The number of hydrogen-bond acceptors (Lipinski definition) is 7. The van der Waals surface area contributed by atoms with Crippen LogP contribution < -0.4 is 9.47 Å². The monoisotopic (exact) mass is 468 g/mol. The Morgan fingerprint density at radius 3 is 2.37 bits per heavy atom. The molecule has 2 aliphatic rings. The van der Waals surface area contributed by atoms with Gasteiger partial charge in [0.1, 0.15) is 9.77 Å². The standard InChI is InChI=1S/C20H24N2O5S3/c1-26-16-11-14-3-5-21(13-15(14)12-17(16)27-2)20(23)19-18(4-8-29-19)30(24,25)22-6-9-28-10-7-22/h4,8,11-12H,3,5-7,9-10,13H2,1-2H3. The van der Waals surface area contributed by atoms with Gasteiger partial charge >= 0.3 is 0 Å². The first kappa shape index (κ1) is 21.5. The van der Waals surface area contributed by atoms with Crippen LogP contribution >= 0.6 is 23.1 Å². The summed E-state index contributed by atoms with van der Waals surface area (Å²) in [7, 11) is -0.486. The predicted octanol–water partition coefficient (Wildman–Crippen LogP) is 2.70. The van der Waals surface area contributed by atoms with Crippen molar-refractivity contribution in [1.82, 2.24) is 9.21 Å². The lowest BCUT2D eigenvalue weighted by Gasteiger charge is -2.30. The maximum atomic E-state index is 13.3. The number of nitrogens with zero attached hydrogens (tertiary/aromatic N) is 2. The molecule has 0 bridgehead atoms. The smallest absolute Gasteiger partial charge is 0.265 e. The highest BCUT2D eigenvalue weighted by Gasteiger charge is 2.33. The van der Waals surface area contributed by atoms with E-state index in [1.807, 2.05) is 12.1 Å². The van der Waals surface area contributed by atoms with E-state index in [4.69, 9.17) is 9.47 Å². The fourth-order valence-corrected chi connectivity index (χ4v) is 7.72. The van der Waals surface area contributed by atoms with Crippen LogP contribution in [0.4, 0.5) is 0 Å². The SMILES string of the molecule is COc1cc2c(cc1OC)CN(C(=O)c1sccc1S(=O)(=O)N1CCSCC1)CC2. The van der Waals surface area contributed by atoms with Crippen LogP contribution in [0.1, 0.15) is 20.8 Å². The Bertz CT molecular complexity index is 1040. The Morgan fingerprint density at radius 1 is 1.03 bits per heavy atom. The van der Waals surface area contributed by atoms with Crippen molar-refractivity contribution >= 4 is 39.0 Å². The molecule has 1 aromatic heterocycles. The van der Waals surface area contributed by atoms with Crippen LogP contribution in [-0.4, -0.2) is 68.9 Å². The zero-order valence-electron chi connectivity index (χ0n) is 16.9. The summed E-state index contributed by atoms with van der Waals surface area (Å²) in [5.74, 6) is 2.60. The number of fused-ring (bicyclic) bond motifs is 1. The lowest BCUT2D eigenvalue weighted by molar-refractivity contribution is 0.0735. The second-order valence-corrected chi connectivity index (χ2v) is 11.1. The Balaban J connectivity index is 1.59. The first-order chi connectivity index (χ1) is 14.5. The minimum atomic E-state index is -3.67. The molecule has 1 saturated heterocycles. The van der Waals surface area contributed by atoms with Gasteiger partial charge in [0.25, 0.3) is 5.91 Å². The van der Waals surface area contributed by atoms with Gasteiger partial charge in [0.05, 0.1) is 14.2 Å². The zero-order valence-corrected chi connectivity index (χ0v) is 19.4. The van der Waals surface area contributed by atoms with Gasteiger partial charge in [-0.1, -0.05) is 0 Å². The fourth-order valence-electron chi connectivity index (χ4n) is 3.78. The van der Waals surface area contributed by atoms with Gasteiger partial charge in [-0.3, -0.25) is 4.79 Å². The number of methoxy groups -OCH3 is 2. The van der Waals surface area contributed by atoms with Crippen molar-refractivity contribution in [3.63, 3.8) is 0 Å².